The van der Waals surface area contributed by atoms with Crippen molar-refractivity contribution in [1.82, 2.24) is 9.63 Å². The molecular formula is C28H27F3N4O8S. The maximum Gasteiger partial charge on any atom is 0.493 e. The summed E-state index contributed by atoms with van der Waals surface area (Å²) in [5.74, 6) is -4.00. The summed E-state index contributed by atoms with van der Waals surface area (Å²) in [5.41, 5.74) is 6.11. The van der Waals surface area contributed by atoms with E-state index in [1.807, 2.05) is 0 Å². The van der Waals surface area contributed by atoms with Gasteiger partial charge in [0.15, 0.2) is 22.9 Å². The lowest BCUT2D eigenvalue weighted by Crippen LogP contribution is -2.45. The number of carbonyl (C=O) groups is 2. The molecule has 0 aliphatic rings. The summed E-state index contributed by atoms with van der Waals surface area (Å²) in [6.07, 6.45) is -5.91. The minimum atomic E-state index is -5.64. The number of rotatable bonds is 10. The second-order valence-electron chi connectivity index (χ2n) is 9.42. The molecule has 0 aliphatic heterocycles. The van der Waals surface area contributed by atoms with E-state index in [1.165, 1.54) is 54.6 Å². The molecule has 4 aromatic rings. The van der Waals surface area contributed by atoms with Gasteiger partial charge in [0.25, 0.3) is 15.9 Å². The summed E-state index contributed by atoms with van der Waals surface area (Å²) in [7, 11) is -5.18. The number of nitrogen functional groups attached to an aromatic ring is 1. The first-order valence-electron chi connectivity index (χ1n) is 13.0. The van der Waals surface area contributed by atoms with Gasteiger partial charge >= 0.3 is 12.1 Å². The summed E-state index contributed by atoms with van der Waals surface area (Å²) >= 11 is 0. The van der Waals surface area contributed by atoms with Gasteiger partial charge in [0, 0.05) is 11.8 Å². The largest absolute Gasteiger partial charge is 0.493 e. The Bertz CT molecular complexity index is 1760. The molecule has 0 radical (unpaired) electrons. The maximum absolute atomic E-state index is 14.0. The SMILES string of the molecule is CCOc1cc(C(Nc2ccc3c(N)noc3c2)C(=O)N(OC(=O)C(F)(F)F)S(=O)(=O)c2ccccc2)ccc1OC(C)C. The molecule has 44 heavy (non-hydrogen) atoms. The summed E-state index contributed by atoms with van der Waals surface area (Å²) in [6.45, 7) is 5.40. The number of sulfonamides is 1. The van der Waals surface area contributed by atoms with Gasteiger partial charge in [0.1, 0.15) is 6.04 Å². The van der Waals surface area contributed by atoms with Crippen LogP contribution in [0.15, 0.2) is 76.1 Å². The molecule has 0 aliphatic carbocycles. The van der Waals surface area contributed by atoms with Crippen LogP contribution in [0.25, 0.3) is 11.0 Å². The second-order valence-corrected chi connectivity index (χ2v) is 11.2. The average Bonchev–Trinajstić information content (AvgIpc) is 3.34. The number of halogens is 3. The number of hydrogen-bond acceptors (Lipinski definition) is 11. The molecule has 0 bridgehead atoms. The molecule has 0 saturated heterocycles. The zero-order chi connectivity index (χ0) is 32.2. The fourth-order valence-corrected chi connectivity index (χ4v) is 5.16. The number of alkyl halides is 3. The quantitative estimate of drug-likeness (QED) is 0.226. The lowest BCUT2D eigenvalue weighted by molar-refractivity contribution is -0.223. The van der Waals surface area contributed by atoms with Crippen molar-refractivity contribution in [3.8, 4) is 11.5 Å². The lowest BCUT2D eigenvalue weighted by Gasteiger charge is -2.27. The van der Waals surface area contributed by atoms with Crippen molar-refractivity contribution in [3.05, 3.63) is 72.3 Å². The van der Waals surface area contributed by atoms with Crippen molar-refractivity contribution in [1.29, 1.82) is 0 Å². The third-order valence-electron chi connectivity index (χ3n) is 5.86. The fourth-order valence-electron chi connectivity index (χ4n) is 3.96. The van der Waals surface area contributed by atoms with E-state index in [-0.39, 0.29) is 46.9 Å². The van der Waals surface area contributed by atoms with Crippen molar-refractivity contribution in [3.63, 3.8) is 0 Å². The molecule has 1 unspecified atom stereocenters. The molecule has 1 heterocycles. The summed E-state index contributed by atoms with van der Waals surface area (Å²) in [5, 5.41) is 6.87. The molecule has 3 N–H and O–H groups in total. The Morgan fingerprint density at radius 1 is 1.05 bits per heavy atom. The highest BCUT2D eigenvalue weighted by Gasteiger charge is 2.47. The smallest absolute Gasteiger partial charge is 0.490 e. The summed E-state index contributed by atoms with van der Waals surface area (Å²) < 4.78 is 82.8. The number of fused-ring (bicyclic) bond motifs is 1. The van der Waals surface area contributed by atoms with Crippen LogP contribution in [0.3, 0.4) is 0 Å². The zero-order valence-electron chi connectivity index (χ0n) is 23.5. The minimum Gasteiger partial charge on any atom is -0.490 e. The molecule has 4 rings (SSSR count). The van der Waals surface area contributed by atoms with Gasteiger partial charge in [-0.25, -0.2) is 4.79 Å². The number of hydroxylamine groups is 1. The van der Waals surface area contributed by atoms with Crippen LogP contribution < -0.4 is 20.5 Å². The molecule has 0 fully saturated rings. The number of aromatic nitrogens is 1. The Labute approximate surface area is 249 Å². The van der Waals surface area contributed by atoms with Gasteiger partial charge in [0.05, 0.1) is 23.0 Å². The van der Waals surface area contributed by atoms with Crippen molar-refractivity contribution >= 4 is 44.4 Å². The van der Waals surface area contributed by atoms with Crippen LogP contribution in [0, 0.1) is 0 Å². The normalized spacial score (nSPS) is 12.5. The molecule has 1 atom stereocenters. The average molecular weight is 637 g/mol. The number of nitrogens with zero attached hydrogens (tertiary/aromatic N) is 2. The van der Waals surface area contributed by atoms with Crippen molar-refractivity contribution in [2.75, 3.05) is 17.7 Å². The molecule has 16 heteroatoms. The van der Waals surface area contributed by atoms with Gasteiger partial charge in [-0.2, -0.15) is 21.6 Å². The van der Waals surface area contributed by atoms with E-state index in [2.05, 4.69) is 15.3 Å². The van der Waals surface area contributed by atoms with Crippen molar-refractivity contribution in [2.45, 2.75) is 44.0 Å². The third-order valence-corrected chi connectivity index (χ3v) is 7.42. The van der Waals surface area contributed by atoms with Crippen LogP contribution in [-0.2, 0) is 24.4 Å². The first kappa shape index (κ1) is 31.9. The van der Waals surface area contributed by atoms with E-state index in [0.717, 1.165) is 12.1 Å². The van der Waals surface area contributed by atoms with Gasteiger partial charge < -0.3 is 29.9 Å². The van der Waals surface area contributed by atoms with E-state index < -0.39 is 43.5 Å². The highest BCUT2D eigenvalue weighted by Crippen LogP contribution is 2.35. The van der Waals surface area contributed by atoms with Crippen LogP contribution in [0.1, 0.15) is 32.4 Å². The molecule has 0 spiro atoms. The molecule has 1 aromatic heterocycles. The zero-order valence-corrected chi connectivity index (χ0v) is 24.3. The Morgan fingerprint density at radius 2 is 1.75 bits per heavy atom. The number of ether oxygens (including phenoxy) is 2. The van der Waals surface area contributed by atoms with E-state index >= 15 is 0 Å². The topological polar surface area (TPSA) is 163 Å². The first-order chi connectivity index (χ1) is 20.7. The number of benzene rings is 3. The number of nitrogens with one attached hydrogen (secondary N) is 1. The van der Waals surface area contributed by atoms with Crippen molar-refractivity contribution in [2.24, 2.45) is 0 Å². The molecule has 234 valence electrons. The minimum absolute atomic E-state index is 0.0167. The molecular weight excluding hydrogens is 609 g/mol. The number of anilines is 2. The predicted molar refractivity (Wildman–Crippen MR) is 151 cm³/mol. The number of hydrogen-bond donors (Lipinski definition) is 2. The van der Waals surface area contributed by atoms with Gasteiger partial charge in [-0.3, -0.25) is 4.79 Å². The van der Waals surface area contributed by atoms with Crippen LogP contribution in [0.4, 0.5) is 24.7 Å². The van der Waals surface area contributed by atoms with E-state index in [0.29, 0.717) is 5.39 Å². The standard InChI is InChI=1S/C28H27F3N4O8S/c1-4-40-23-14-17(10-13-21(23)41-16(2)3)24(33-18-11-12-20-22(15-18)42-34-25(20)32)26(36)35(43-27(37)28(29,30)31)44(38,39)19-8-6-5-7-9-19/h5-16,24,33H,4H2,1-3H3,(H2,32,34). The Balaban J connectivity index is 1.87. The van der Waals surface area contributed by atoms with Gasteiger partial charge in [-0.05, 0) is 62.7 Å². The Kier molecular flexibility index (Phi) is 9.22. The van der Waals surface area contributed by atoms with Gasteiger partial charge in [0.2, 0.25) is 0 Å². The third kappa shape index (κ3) is 6.96. The monoisotopic (exact) mass is 636 g/mol. The predicted octanol–water partition coefficient (Wildman–Crippen LogP) is 4.99. The molecule has 0 saturated carbocycles. The number of nitrogens with two attached hydrogens (primary N) is 1. The van der Waals surface area contributed by atoms with Crippen LogP contribution in [0.5, 0.6) is 11.5 Å². The lowest BCUT2D eigenvalue weighted by atomic mass is 10.0. The van der Waals surface area contributed by atoms with Gasteiger partial charge in [-0.1, -0.05) is 33.9 Å². The van der Waals surface area contributed by atoms with Crippen LogP contribution >= 0.6 is 0 Å². The Hall–Kier alpha value is -4.99. The highest BCUT2D eigenvalue weighted by molar-refractivity contribution is 7.89. The van der Waals surface area contributed by atoms with Crippen LogP contribution in [-0.4, -0.2) is 48.8 Å². The summed E-state index contributed by atoms with van der Waals surface area (Å²) in [6, 6.07) is 12.8. The first-order valence-corrected chi connectivity index (χ1v) is 14.4. The fraction of sp³-hybridized carbons (Fsp3) is 0.250. The Morgan fingerprint density at radius 3 is 2.39 bits per heavy atom. The van der Waals surface area contributed by atoms with Gasteiger partial charge in [-0.15, -0.1) is 0 Å². The highest BCUT2D eigenvalue weighted by atomic mass is 32.2. The number of amides is 1. The maximum atomic E-state index is 14.0. The number of carbonyl (C=O) groups excluding carboxylic acids is 2. The van der Waals surface area contributed by atoms with Crippen LogP contribution in [0.2, 0.25) is 0 Å². The van der Waals surface area contributed by atoms with E-state index in [1.54, 1.807) is 20.8 Å². The molecule has 1 amide bonds. The van der Waals surface area contributed by atoms with E-state index in [4.69, 9.17) is 19.7 Å². The second kappa shape index (κ2) is 12.7. The molecule has 3 aromatic carbocycles. The van der Waals surface area contributed by atoms with E-state index in [9.17, 15) is 31.2 Å². The summed E-state index contributed by atoms with van der Waals surface area (Å²) in [4.78, 5) is 29.6. The van der Waals surface area contributed by atoms with Crippen molar-refractivity contribution < 1.29 is 50.0 Å². The molecule has 12 nitrogen and oxygen atoms in total.